The number of sulfonamides is 1. The van der Waals surface area contributed by atoms with E-state index in [0.29, 0.717) is 0 Å². The van der Waals surface area contributed by atoms with E-state index in [4.69, 9.17) is 4.42 Å². The molecule has 0 aliphatic carbocycles. The highest BCUT2D eigenvalue weighted by atomic mass is 32.2. The van der Waals surface area contributed by atoms with Gasteiger partial charge in [-0.15, -0.1) is 0 Å². The van der Waals surface area contributed by atoms with Crippen LogP contribution in [0.15, 0.2) is 9.31 Å². The van der Waals surface area contributed by atoms with E-state index in [1.165, 1.54) is 20.8 Å². The smallest absolute Gasteiger partial charge is 0.342 e. The van der Waals surface area contributed by atoms with Crippen LogP contribution in [0.25, 0.3) is 0 Å². The Morgan fingerprint density at radius 3 is 2.19 bits per heavy atom. The predicted molar refractivity (Wildman–Crippen MR) is 71.3 cm³/mol. The van der Waals surface area contributed by atoms with Crippen molar-refractivity contribution in [1.29, 1.82) is 0 Å². The fourth-order valence-corrected chi connectivity index (χ4v) is 3.44. The highest BCUT2D eigenvalue weighted by Crippen LogP contribution is 2.27. The summed E-state index contributed by atoms with van der Waals surface area (Å²) in [7, 11) is -1.89. The number of nitrogens with one attached hydrogen (secondary N) is 1. The van der Waals surface area contributed by atoms with Gasteiger partial charge in [0.25, 0.3) is 0 Å². The number of esters is 2. The van der Waals surface area contributed by atoms with Crippen molar-refractivity contribution in [1.82, 2.24) is 4.72 Å². The van der Waals surface area contributed by atoms with Gasteiger partial charge in [-0.2, -0.15) is 4.72 Å². The van der Waals surface area contributed by atoms with Crippen LogP contribution in [0.4, 0.5) is 0 Å². The molecule has 1 rings (SSSR count). The lowest BCUT2D eigenvalue weighted by atomic mass is 10.2. The molecule has 8 nitrogen and oxygen atoms in total. The zero-order chi connectivity index (χ0) is 16.4. The largest absolute Gasteiger partial charge is 0.468 e. The van der Waals surface area contributed by atoms with Crippen molar-refractivity contribution in [3.63, 3.8) is 0 Å². The maximum absolute atomic E-state index is 12.4. The van der Waals surface area contributed by atoms with Crippen LogP contribution >= 0.6 is 0 Å². The number of carbonyl (C=O) groups is 2. The number of hydrogen-bond acceptors (Lipinski definition) is 7. The molecule has 0 fully saturated rings. The Hall–Kier alpha value is -1.87. The summed E-state index contributed by atoms with van der Waals surface area (Å²) in [5.41, 5.74) is -0.195. The molecule has 0 saturated heterocycles. The van der Waals surface area contributed by atoms with E-state index in [-0.39, 0.29) is 22.0 Å². The monoisotopic (exact) mass is 319 g/mol. The fraction of sp³-hybridized carbons (Fsp3) is 0.500. The van der Waals surface area contributed by atoms with Gasteiger partial charge in [-0.25, -0.2) is 13.2 Å². The summed E-state index contributed by atoms with van der Waals surface area (Å²) in [6.45, 7) is 4.17. The van der Waals surface area contributed by atoms with E-state index in [1.54, 1.807) is 0 Å². The van der Waals surface area contributed by atoms with Crippen molar-refractivity contribution in [2.24, 2.45) is 0 Å². The van der Waals surface area contributed by atoms with E-state index in [1.807, 2.05) is 0 Å². The van der Waals surface area contributed by atoms with Gasteiger partial charge in [0.15, 0.2) is 0 Å². The van der Waals surface area contributed by atoms with E-state index >= 15 is 0 Å². The highest BCUT2D eigenvalue weighted by molar-refractivity contribution is 7.89. The average Bonchev–Trinajstić information content (AvgIpc) is 2.71. The first kappa shape index (κ1) is 17.2. The summed E-state index contributed by atoms with van der Waals surface area (Å²) >= 11 is 0. The number of ether oxygens (including phenoxy) is 2. The molecule has 1 aromatic rings. The van der Waals surface area contributed by atoms with Crippen molar-refractivity contribution >= 4 is 22.0 Å². The van der Waals surface area contributed by atoms with Gasteiger partial charge in [0.1, 0.15) is 28.0 Å². The Balaban J connectivity index is 3.32. The average molecular weight is 319 g/mol. The third-order valence-corrected chi connectivity index (χ3v) is 4.44. The number of hydrogen-bond donors (Lipinski definition) is 1. The molecule has 0 bridgehead atoms. The molecular weight excluding hydrogens is 302 g/mol. The molecule has 118 valence electrons. The molecule has 1 N–H and O–H groups in total. The van der Waals surface area contributed by atoms with Gasteiger partial charge in [-0.1, -0.05) is 0 Å². The second kappa shape index (κ2) is 6.27. The summed E-state index contributed by atoms with van der Waals surface area (Å²) in [6, 6.07) is -1.11. The van der Waals surface area contributed by atoms with Gasteiger partial charge in [0.2, 0.25) is 10.0 Å². The third kappa shape index (κ3) is 3.42. The summed E-state index contributed by atoms with van der Waals surface area (Å²) in [5, 5.41) is 0. The van der Waals surface area contributed by atoms with Crippen molar-refractivity contribution in [3.8, 4) is 0 Å². The van der Waals surface area contributed by atoms with Crippen LogP contribution < -0.4 is 4.72 Å². The summed E-state index contributed by atoms with van der Waals surface area (Å²) < 4.78 is 41.0. The highest BCUT2D eigenvalue weighted by Gasteiger charge is 2.33. The summed E-state index contributed by atoms with van der Waals surface area (Å²) in [6.07, 6.45) is 0. The lowest BCUT2D eigenvalue weighted by Crippen LogP contribution is -2.39. The van der Waals surface area contributed by atoms with Crippen LogP contribution in [0.3, 0.4) is 0 Å². The van der Waals surface area contributed by atoms with Crippen LogP contribution in [0, 0.1) is 13.8 Å². The van der Waals surface area contributed by atoms with E-state index in [0.717, 1.165) is 14.2 Å². The van der Waals surface area contributed by atoms with Gasteiger partial charge in [-0.3, -0.25) is 4.79 Å². The predicted octanol–water partition coefficient (Wildman–Crippen LogP) is 0.523. The molecule has 9 heteroatoms. The molecule has 0 saturated carbocycles. The Morgan fingerprint density at radius 1 is 1.14 bits per heavy atom. The Bertz CT molecular complexity index is 659. The SMILES string of the molecule is COC(=O)c1c(C)oc(C)c1S(=O)(=O)NC(C)C(=O)OC. The number of furan rings is 1. The first-order valence-corrected chi connectivity index (χ1v) is 7.42. The molecule has 0 radical (unpaired) electrons. The number of carbonyl (C=O) groups excluding carboxylic acids is 2. The second-order valence-corrected chi connectivity index (χ2v) is 5.93. The molecule has 1 atom stereocenters. The molecule has 0 amide bonds. The van der Waals surface area contributed by atoms with Crippen LogP contribution in [0.2, 0.25) is 0 Å². The topological polar surface area (TPSA) is 112 Å². The number of methoxy groups -OCH3 is 2. The van der Waals surface area contributed by atoms with Gasteiger partial charge >= 0.3 is 11.9 Å². The standard InChI is InChI=1S/C12H17NO7S/c1-6(11(14)18-4)13-21(16,17)10-8(3)20-7(2)9(10)12(15)19-5/h6,13H,1-5H3. The van der Waals surface area contributed by atoms with Crippen molar-refractivity contribution in [2.75, 3.05) is 14.2 Å². The maximum Gasteiger partial charge on any atom is 0.342 e. The molecule has 21 heavy (non-hydrogen) atoms. The van der Waals surface area contributed by atoms with E-state index in [2.05, 4.69) is 14.2 Å². The third-order valence-electron chi connectivity index (χ3n) is 2.75. The van der Waals surface area contributed by atoms with Gasteiger partial charge in [0, 0.05) is 0 Å². The van der Waals surface area contributed by atoms with Crippen LogP contribution in [-0.4, -0.2) is 40.6 Å². The maximum atomic E-state index is 12.4. The van der Waals surface area contributed by atoms with Crippen molar-refractivity contribution in [2.45, 2.75) is 31.7 Å². The summed E-state index contributed by atoms with van der Waals surface area (Å²) in [5.74, 6) is -1.45. The van der Waals surface area contributed by atoms with Crippen LogP contribution in [0.1, 0.15) is 28.8 Å². The zero-order valence-electron chi connectivity index (χ0n) is 12.3. The molecule has 1 unspecified atom stereocenters. The number of rotatable bonds is 5. The molecule has 0 aliphatic rings. The first-order valence-electron chi connectivity index (χ1n) is 5.94. The summed E-state index contributed by atoms with van der Waals surface area (Å²) in [4.78, 5) is 22.7. The Morgan fingerprint density at radius 2 is 1.71 bits per heavy atom. The van der Waals surface area contributed by atoms with Gasteiger partial charge in [-0.05, 0) is 20.8 Å². The zero-order valence-corrected chi connectivity index (χ0v) is 13.2. The minimum Gasteiger partial charge on any atom is -0.468 e. The lowest BCUT2D eigenvalue weighted by Gasteiger charge is -2.12. The fourth-order valence-electron chi connectivity index (χ4n) is 1.84. The number of aryl methyl sites for hydroxylation is 2. The normalized spacial score (nSPS) is 12.8. The molecule has 0 spiro atoms. The molecule has 1 aromatic heterocycles. The van der Waals surface area contributed by atoms with Crippen molar-refractivity contribution in [3.05, 3.63) is 17.1 Å². The Kier molecular flexibility index (Phi) is 5.13. The van der Waals surface area contributed by atoms with Crippen molar-refractivity contribution < 1.29 is 31.9 Å². The Labute approximate surface area is 122 Å². The quantitative estimate of drug-likeness (QED) is 0.787. The van der Waals surface area contributed by atoms with Gasteiger partial charge in [0.05, 0.1) is 14.2 Å². The van der Waals surface area contributed by atoms with E-state index in [9.17, 15) is 18.0 Å². The molecule has 1 heterocycles. The minimum atomic E-state index is -4.16. The van der Waals surface area contributed by atoms with Gasteiger partial charge < -0.3 is 13.9 Å². The van der Waals surface area contributed by atoms with Crippen LogP contribution in [0.5, 0.6) is 0 Å². The first-order chi connectivity index (χ1) is 9.65. The molecule has 0 aromatic carbocycles. The van der Waals surface area contributed by atoms with E-state index < -0.39 is 28.0 Å². The molecule has 0 aliphatic heterocycles. The lowest BCUT2D eigenvalue weighted by molar-refractivity contribution is -0.142. The second-order valence-electron chi connectivity index (χ2n) is 4.28. The minimum absolute atomic E-state index is 0.0254. The molecular formula is C12H17NO7S. The van der Waals surface area contributed by atoms with Crippen LogP contribution in [-0.2, 0) is 24.3 Å².